The Bertz CT molecular complexity index is 567. The summed E-state index contributed by atoms with van der Waals surface area (Å²) in [5.74, 6) is 2.60. The van der Waals surface area contributed by atoms with E-state index in [1.807, 2.05) is 30.3 Å². The lowest BCUT2D eigenvalue weighted by molar-refractivity contribution is 0.318. The van der Waals surface area contributed by atoms with Crippen LogP contribution in [0, 0.1) is 0 Å². The Kier molecular flexibility index (Phi) is 5.93. The lowest BCUT2D eigenvalue weighted by Gasteiger charge is -2.11. The molecule has 0 heterocycles. The molecule has 0 radical (unpaired) electrons. The molecule has 2 aromatic carbocycles. The summed E-state index contributed by atoms with van der Waals surface area (Å²) in [5, 5.41) is 0.738. The molecule has 0 N–H and O–H groups in total. The molecular weight excluding hydrogens is 332 g/mol. The van der Waals surface area contributed by atoms with Gasteiger partial charge < -0.3 is 14.2 Å². The largest absolute Gasteiger partial charge is 0.497 e. The maximum Gasteiger partial charge on any atom is 0.123 e. The Morgan fingerprint density at radius 2 is 1.57 bits per heavy atom. The van der Waals surface area contributed by atoms with E-state index in [0.29, 0.717) is 6.61 Å². The molecule has 4 heteroatoms. The summed E-state index contributed by atoms with van der Waals surface area (Å²) < 4.78 is 16.2. The molecule has 0 aliphatic heterocycles. The van der Waals surface area contributed by atoms with Crippen molar-refractivity contribution in [2.75, 3.05) is 20.8 Å². The highest BCUT2D eigenvalue weighted by Gasteiger charge is 2.05. The Labute approximate surface area is 134 Å². The van der Waals surface area contributed by atoms with E-state index >= 15 is 0 Å². The van der Waals surface area contributed by atoms with Crippen LogP contribution >= 0.6 is 15.9 Å². The van der Waals surface area contributed by atoms with Crippen molar-refractivity contribution in [3.63, 3.8) is 0 Å². The zero-order chi connectivity index (χ0) is 15.1. The highest BCUT2D eigenvalue weighted by Crippen LogP contribution is 2.26. The second-order valence-electron chi connectivity index (χ2n) is 4.55. The number of methoxy groups -OCH3 is 2. The maximum atomic E-state index is 5.87. The summed E-state index contributed by atoms with van der Waals surface area (Å²) in [6, 6.07) is 13.9. The molecule has 0 amide bonds. The lowest BCUT2D eigenvalue weighted by Crippen LogP contribution is -2.03. The number of ether oxygens (including phenoxy) is 3. The first-order chi connectivity index (χ1) is 10.3. The minimum Gasteiger partial charge on any atom is -0.497 e. The number of hydrogen-bond donors (Lipinski definition) is 0. The van der Waals surface area contributed by atoms with Crippen molar-refractivity contribution in [2.24, 2.45) is 0 Å². The van der Waals surface area contributed by atoms with Gasteiger partial charge in [-0.25, -0.2) is 0 Å². The van der Waals surface area contributed by atoms with E-state index < -0.39 is 0 Å². The molecule has 0 saturated heterocycles. The Hall–Kier alpha value is -1.68. The van der Waals surface area contributed by atoms with Crippen molar-refractivity contribution in [1.82, 2.24) is 0 Å². The summed E-state index contributed by atoms with van der Waals surface area (Å²) in [4.78, 5) is 0. The lowest BCUT2D eigenvalue weighted by atomic mass is 10.1. The average Bonchev–Trinajstić information content (AvgIpc) is 2.55. The zero-order valence-corrected chi connectivity index (χ0v) is 13.9. The number of hydrogen-bond acceptors (Lipinski definition) is 3. The third kappa shape index (κ3) is 4.39. The minimum atomic E-state index is 0.638. The summed E-state index contributed by atoms with van der Waals surface area (Å²) in [6.45, 7) is 0.638. The molecule has 0 atom stereocenters. The number of halogens is 1. The molecule has 0 aliphatic carbocycles. The van der Waals surface area contributed by atoms with Gasteiger partial charge in [-0.1, -0.05) is 28.1 Å². The van der Waals surface area contributed by atoms with Crippen molar-refractivity contribution in [3.05, 3.63) is 53.6 Å². The monoisotopic (exact) mass is 350 g/mol. The molecule has 112 valence electrons. The van der Waals surface area contributed by atoms with E-state index in [-0.39, 0.29) is 0 Å². The van der Waals surface area contributed by atoms with E-state index in [9.17, 15) is 0 Å². The Morgan fingerprint density at radius 3 is 2.19 bits per heavy atom. The van der Waals surface area contributed by atoms with Crippen LogP contribution in [-0.2, 0) is 11.8 Å². The van der Waals surface area contributed by atoms with Crippen LogP contribution in [-0.4, -0.2) is 20.8 Å². The Balaban J connectivity index is 1.93. The van der Waals surface area contributed by atoms with Crippen LogP contribution < -0.4 is 14.2 Å². The molecular formula is C17H19BrO3. The zero-order valence-electron chi connectivity index (χ0n) is 12.3. The fourth-order valence-electron chi connectivity index (χ4n) is 2.00. The molecule has 0 aliphatic rings. The summed E-state index contributed by atoms with van der Waals surface area (Å²) in [5.41, 5.74) is 2.31. The van der Waals surface area contributed by atoms with Crippen molar-refractivity contribution < 1.29 is 14.2 Å². The predicted octanol–water partition coefficient (Wildman–Crippen LogP) is 4.22. The summed E-state index contributed by atoms with van der Waals surface area (Å²) in [6.07, 6.45) is 0.859. The third-order valence-electron chi connectivity index (χ3n) is 3.22. The van der Waals surface area contributed by atoms with Gasteiger partial charge >= 0.3 is 0 Å². The van der Waals surface area contributed by atoms with Crippen LogP contribution in [0.25, 0.3) is 0 Å². The van der Waals surface area contributed by atoms with Gasteiger partial charge in [-0.05, 0) is 35.9 Å². The van der Waals surface area contributed by atoms with Gasteiger partial charge in [0.25, 0.3) is 0 Å². The van der Waals surface area contributed by atoms with Gasteiger partial charge in [0.1, 0.15) is 17.2 Å². The summed E-state index contributed by atoms with van der Waals surface area (Å²) >= 11 is 3.47. The van der Waals surface area contributed by atoms with Crippen LogP contribution in [0.3, 0.4) is 0 Å². The van der Waals surface area contributed by atoms with Crippen molar-refractivity contribution in [2.45, 2.75) is 11.8 Å². The van der Waals surface area contributed by atoms with Crippen LogP contribution in [0.1, 0.15) is 11.1 Å². The van der Waals surface area contributed by atoms with E-state index in [1.54, 1.807) is 14.2 Å². The number of alkyl halides is 1. The third-order valence-corrected chi connectivity index (χ3v) is 3.82. The van der Waals surface area contributed by atoms with Crippen LogP contribution in [0.15, 0.2) is 42.5 Å². The van der Waals surface area contributed by atoms with Gasteiger partial charge in [-0.15, -0.1) is 0 Å². The number of benzene rings is 2. The first-order valence-corrected chi connectivity index (χ1v) is 7.87. The van der Waals surface area contributed by atoms with Gasteiger partial charge in [0.2, 0.25) is 0 Å². The quantitative estimate of drug-likeness (QED) is 0.699. The maximum absolute atomic E-state index is 5.87. The molecule has 0 unspecified atom stereocenters. The molecule has 3 nitrogen and oxygen atoms in total. The van der Waals surface area contributed by atoms with Gasteiger partial charge in [-0.2, -0.15) is 0 Å². The van der Waals surface area contributed by atoms with E-state index in [4.69, 9.17) is 14.2 Å². The molecule has 2 aromatic rings. The predicted molar refractivity (Wildman–Crippen MR) is 87.8 cm³/mol. The standard InChI is InChI=1S/C17H19BrO3/c1-19-15-5-3-13(4-6-15)9-10-21-17-8-7-16(20-2)11-14(17)12-18/h3-8,11H,9-10,12H2,1-2H3. The van der Waals surface area contributed by atoms with E-state index in [2.05, 4.69) is 28.1 Å². The first-order valence-electron chi connectivity index (χ1n) is 6.75. The van der Waals surface area contributed by atoms with Crippen molar-refractivity contribution in [3.8, 4) is 17.2 Å². The molecule has 2 rings (SSSR count). The molecule has 0 saturated carbocycles. The van der Waals surface area contributed by atoms with Crippen molar-refractivity contribution in [1.29, 1.82) is 0 Å². The Morgan fingerprint density at radius 1 is 0.905 bits per heavy atom. The highest BCUT2D eigenvalue weighted by atomic mass is 79.9. The second kappa shape index (κ2) is 7.93. The first kappa shape index (κ1) is 15.7. The minimum absolute atomic E-state index is 0.638. The fourth-order valence-corrected chi connectivity index (χ4v) is 2.44. The molecule has 0 aromatic heterocycles. The number of rotatable bonds is 7. The van der Waals surface area contributed by atoms with Gasteiger partial charge in [0.05, 0.1) is 20.8 Å². The van der Waals surface area contributed by atoms with Gasteiger partial charge in [-0.3, -0.25) is 0 Å². The second-order valence-corrected chi connectivity index (χ2v) is 5.11. The van der Waals surface area contributed by atoms with E-state index in [0.717, 1.165) is 34.6 Å². The molecule has 21 heavy (non-hydrogen) atoms. The van der Waals surface area contributed by atoms with Gasteiger partial charge in [0.15, 0.2) is 0 Å². The van der Waals surface area contributed by atoms with Crippen LogP contribution in [0.2, 0.25) is 0 Å². The van der Waals surface area contributed by atoms with Crippen molar-refractivity contribution >= 4 is 15.9 Å². The SMILES string of the molecule is COc1ccc(CCOc2ccc(OC)cc2CBr)cc1. The topological polar surface area (TPSA) is 27.7 Å². The summed E-state index contributed by atoms with van der Waals surface area (Å²) in [7, 11) is 3.33. The fraction of sp³-hybridized carbons (Fsp3) is 0.294. The highest BCUT2D eigenvalue weighted by molar-refractivity contribution is 9.08. The van der Waals surface area contributed by atoms with Gasteiger partial charge in [0, 0.05) is 17.3 Å². The van der Waals surface area contributed by atoms with E-state index in [1.165, 1.54) is 5.56 Å². The smallest absolute Gasteiger partial charge is 0.123 e. The normalized spacial score (nSPS) is 10.2. The molecule has 0 fully saturated rings. The average molecular weight is 351 g/mol. The van der Waals surface area contributed by atoms with Crippen LogP contribution in [0.4, 0.5) is 0 Å². The van der Waals surface area contributed by atoms with Crippen LogP contribution in [0.5, 0.6) is 17.2 Å². The molecule has 0 spiro atoms. The molecule has 0 bridgehead atoms.